The third-order valence-electron chi connectivity index (χ3n) is 3.35. The molecule has 1 aromatic carbocycles. The van der Waals surface area contributed by atoms with Gasteiger partial charge in [-0.3, -0.25) is 4.79 Å². The van der Waals surface area contributed by atoms with E-state index in [2.05, 4.69) is 25.8 Å². The number of carbonyl (C=O) groups excluding carboxylic acids is 1. The monoisotopic (exact) mass is 330 g/mol. The molecule has 0 bridgehead atoms. The lowest BCUT2D eigenvalue weighted by atomic mass is 10.3. The van der Waals surface area contributed by atoms with Crippen LogP contribution in [0.3, 0.4) is 0 Å². The molecule has 1 amide bonds. The second-order valence-corrected chi connectivity index (χ2v) is 5.63. The molecule has 3 aromatic rings. The van der Waals surface area contributed by atoms with Gasteiger partial charge in [-0.15, -0.1) is 5.10 Å². The molecule has 0 aliphatic heterocycles. The van der Waals surface area contributed by atoms with Gasteiger partial charge in [-0.05, 0) is 37.1 Å². The molecule has 0 atom stereocenters. The van der Waals surface area contributed by atoms with Gasteiger partial charge in [0.25, 0.3) is 0 Å². The van der Waals surface area contributed by atoms with Crippen molar-refractivity contribution in [2.75, 3.05) is 0 Å². The van der Waals surface area contributed by atoms with Crippen LogP contribution in [-0.2, 0) is 0 Å². The number of rotatable bonds is 4. The predicted molar refractivity (Wildman–Crippen MR) is 80.1 cm³/mol. The first-order valence-electron chi connectivity index (χ1n) is 7.02. The number of halogens is 1. The molecule has 0 radical (unpaired) electrons. The standard InChI is InChI=1S/C14H11ClN6O2/c15-8-1-5-10(6-2-8)21-7-11(18-20-21)12-17-14(23-19-12)13(22)16-9-3-4-9/h1-2,5-7,9H,3-4H2,(H,16,22). The zero-order chi connectivity index (χ0) is 15.8. The van der Waals surface area contributed by atoms with E-state index in [0.29, 0.717) is 10.7 Å². The molecule has 1 saturated carbocycles. The SMILES string of the molecule is O=C(NC1CC1)c1nc(-c2cn(-c3ccc(Cl)cc3)nn2)no1. The van der Waals surface area contributed by atoms with Crippen molar-refractivity contribution < 1.29 is 9.32 Å². The molecule has 1 aliphatic carbocycles. The molecule has 2 aromatic heterocycles. The fourth-order valence-corrected chi connectivity index (χ4v) is 2.11. The summed E-state index contributed by atoms with van der Waals surface area (Å²) in [4.78, 5) is 15.9. The normalized spacial score (nSPS) is 14.0. The maximum Gasteiger partial charge on any atom is 0.316 e. The summed E-state index contributed by atoms with van der Waals surface area (Å²) >= 11 is 5.86. The van der Waals surface area contributed by atoms with Gasteiger partial charge in [0.2, 0.25) is 5.82 Å². The fourth-order valence-electron chi connectivity index (χ4n) is 1.98. The third-order valence-corrected chi connectivity index (χ3v) is 3.60. The lowest BCUT2D eigenvalue weighted by Gasteiger charge is -1.98. The summed E-state index contributed by atoms with van der Waals surface area (Å²) in [6, 6.07) is 7.36. The van der Waals surface area contributed by atoms with Crippen LogP contribution in [0.5, 0.6) is 0 Å². The molecule has 4 rings (SSSR count). The Morgan fingerprint density at radius 1 is 1.30 bits per heavy atom. The topological polar surface area (TPSA) is 98.7 Å². The molecular formula is C14H11ClN6O2. The van der Waals surface area contributed by atoms with Gasteiger partial charge in [0.1, 0.15) is 0 Å². The van der Waals surface area contributed by atoms with Gasteiger partial charge in [0, 0.05) is 11.1 Å². The van der Waals surface area contributed by atoms with Crippen LogP contribution >= 0.6 is 11.6 Å². The summed E-state index contributed by atoms with van der Waals surface area (Å²) in [6.45, 7) is 0. The Labute approximate surface area is 135 Å². The molecule has 0 unspecified atom stereocenters. The molecule has 1 aliphatic rings. The summed E-state index contributed by atoms with van der Waals surface area (Å²) in [5, 5.41) is 15.2. The number of hydrogen-bond donors (Lipinski definition) is 1. The predicted octanol–water partition coefficient (Wildman–Crippen LogP) is 1.86. The Balaban J connectivity index is 1.55. The van der Waals surface area contributed by atoms with Crippen LogP contribution in [0.4, 0.5) is 0 Å². The molecule has 1 N–H and O–H groups in total. The number of aromatic nitrogens is 5. The highest BCUT2D eigenvalue weighted by Gasteiger charge is 2.27. The van der Waals surface area contributed by atoms with E-state index >= 15 is 0 Å². The highest BCUT2D eigenvalue weighted by molar-refractivity contribution is 6.30. The second kappa shape index (κ2) is 5.47. The largest absolute Gasteiger partial charge is 0.345 e. The Morgan fingerprint density at radius 3 is 2.83 bits per heavy atom. The lowest BCUT2D eigenvalue weighted by molar-refractivity contribution is 0.0907. The van der Waals surface area contributed by atoms with Crippen LogP contribution < -0.4 is 5.32 Å². The van der Waals surface area contributed by atoms with Crippen molar-refractivity contribution in [3.8, 4) is 17.2 Å². The molecule has 0 spiro atoms. The minimum Gasteiger partial charge on any atom is -0.345 e. The van der Waals surface area contributed by atoms with E-state index < -0.39 is 0 Å². The van der Waals surface area contributed by atoms with Crippen molar-refractivity contribution in [1.29, 1.82) is 0 Å². The van der Waals surface area contributed by atoms with Gasteiger partial charge in [0.05, 0.1) is 11.9 Å². The van der Waals surface area contributed by atoms with Crippen LogP contribution in [0.15, 0.2) is 35.0 Å². The average molecular weight is 331 g/mol. The summed E-state index contributed by atoms with van der Waals surface area (Å²) in [5.74, 6) is -0.226. The van der Waals surface area contributed by atoms with Gasteiger partial charge in [-0.25, -0.2) is 4.68 Å². The number of carbonyl (C=O) groups is 1. The van der Waals surface area contributed by atoms with E-state index in [-0.39, 0.29) is 23.7 Å². The Morgan fingerprint density at radius 2 is 2.09 bits per heavy atom. The quantitative estimate of drug-likeness (QED) is 0.784. The second-order valence-electron chi connectivity index (χ2n) is 5.20. The van der Waals surface area contributed by atoms with Gasteiger partial charge in [-0.2, -0.15) is 4.98 Å². The Bertz CT molecular complexity index is 852. The molecular weight excluding hydrogens is 320 g/mol. The summed E-state index contributed by atoms with van der Waals surface area (Å²) in [5.41, 5.74) is 1.21. The van der Waals surface area contributed by atoms with E-state index in [1.54, 1.807) is 23.0 Å². The van der Waals surface area contributed by atoms with Gasteiger partial charge >= 0.3 is 11.8 Å². The number of nitrogens with zero attached hydrogens (tertiary/aromatic N) is 5. The van der Waals surface area contributed by atoms with E-state index in [9.17, 15) is 4.79 Å². The molecule has 2 heterocycles. The lowest BCUT2D eigenvalue weighted by Crippen LogP contribution is -2.25. The number of nitrogens with one attached hydrogen (secondary N) is 1. The highest BCUT2D eigenvalue weighted by atomic mass is 35.5. The smallest absolute Gasteiger partial charge is 0.316 e. The minimum absolute atomic E-state index is 0.0760. The van der Waals surface area contributed by atoms with E-state index in [1.807, 2.05) is 12.1 Å². The average Bonchev–Trinajstić information content (AvgIpc) is 3.05. The van der Waals surface area contributed by atoms with Crippen LogP contribution in [0.2, 0.25) is 5.02 Å². The summed E-state index contributed by atoms with van der Waals surface area (Å²) in [7, 11) is 0. The number of hydrogen-bond acceptors (Lipinski definition) is 6. The maximum atomic E-state index is 11.8. The van der Waals surface area contributed by atoms with Crippen molar-refractivity contribution in [2.45, 2.75) is 18.9 Å². The first-order valence-corrected chi connectivity index (χ1v) is 7.40. The van der Waals surface area contributed by atoms with Gasteiger partial charge < -0.3 is 9.84 Å². The molecule has 1 fully saturated rings. The molecule has 0 saturated heterocycles. The van der Waals surface area contributed by atoms with Crippen molar-refractivity contribution in [3.05, 3.63) is 41.4 Å². The van der Waals surface area contributed by atoms with Crippen LogP contribution in [0.25, 0.3) is 17.2 Å². The zero-order valence-corrected chi connectivity index (χ0v) is 12.6. The number of amides is 1. The minimum atomic E-state index is -0.364. The van der Waals surface area contributed by atoms with Crippen molar-refractivity contribution in [2.24, 2.45) is 0 Å². The summed E-state index contributed by atoms with van der Waals surface area (Å²) in [6.07, 6.45) is 3.63. The molecule has 116 valence electrons. The van der Waals surface area contributed by atoms with Crippen molar-refractivity contribution in [3.63, 3.8) is 0 Å². The zero-order valence-electron chi connectivity index (χ0n) is 11.8. The number of benzene rings is 1. The molecule has 9 heteroatoms. The van der Waals surface area contributed by atoms with Gasteiger partial charge in [-0.1, -0.05) is 22.0 Å². The maximum absolute atomic E-state index is 11.8. The first-order chi connectivity index (χ1) is 11.2. The third kappa shape index (κ3) is 2.93. The van der Waals surface area contributed by atoms with Crippen molar-refractivity contribution in [1.82, 2.24) is 30.5 Å². The van der Waals surface area contributed by atoms with Crippen LogP contribution in [-0.4, -0.2) is 37.1 Å². The molecule has 23 heavy (non-hydrogen) atoms. The first kappa shape index (κ1) is 13.9. The van der Waals surface area contributed by atoms with Crippen LogP contribution in [0.1, 0.15) is 23.5 Å². The Kier molecular flexibility index (Phi) is 3.30. The van der Waals surface area contributed by atoms with E-state index in [0.717, 1.165) is 18.5 Å². The highest BCUT2D eigenvalue weighted by Crippen LogP contribution is 2.20. The fraction of sp³-hybridized carbons (Fsp3) is 0.214. The Hall–Kier alpha value is -2.74. The van der Waals surface area contributed by atoms with E-state index in [4.69, 9.17) is 16.1 Å². The summed E-state index contributed by atoms with van der Waals surface area (Å²) < 4.78 is 6.53. The van der Waals surface area contributed by atoms with Gasteiger partial charge in [0.15, 0.2) is 5.69 Å². The van der Waals surface area contributed by atoms with E-state index in [1.165, 1.54) is 0 Å². The van der Waals surface area contributed by atoms with Crippen LogP contribution in [0, 0.1) is 0 Å². The molecule has 8 nitrogen and oxygen atoms in total. The van der Waals surface area contributed by atoms with Crippen molar-refractivity contribution >= 4 is 17.5 Å².